The highest BCUT2D eigenvalue weighted by atomic mass is 16.2. The Kier molecular flexibility index (Phi) is 5.51. The van der Waals surface area contributed by atoms with Crippen molar-refractivity contribution in [3.05, 3.63) is 35.9 Å². The molecule has 0 bridgehead atoms. The largest absolute Gasteiger partial charge is 0.336 e. The van der Waals surface area contributed by atoms with Gasteiger partial charge in [0.1, 0.15) is 0 Å². The van der Waals surface area contributed by atoms with Crippen LogP contribution in [0.4, 0.5) is 0 Å². The second kappa shape index (κ2) is 7.81. The quantitative estimate of drug-likeness (QED) is 0.716. The summed E-state index contributed by atoms with van der Waals surface area (Å²) in [6, 6.07) is 10.0. The van der Waals surface area contributed by atoms with Crippen molar-refractivity contribution < 1.29 is 14.4 Å². The van der Waals surface area contributed by atoms with Crippen molar-refractivity contribution in [3.8, 4) is 0 Å². The minimum Gasteiger partial charge on any atom is -0.336 e. The number of hydrogen-bond acceptors (Lipinski definition) is 3. The lowest BCUT2D eigenvalue weighted by Gasteiger charge is -2.36. The molecule has 25 heavy (non-hydrogen) atoms. The molecule has 5 heteroatoms. The van der Waals surface area contributed by atoms with Crippen molar-refractivity contribution in [2.45, 2.75) is 51.5 Å². The van der Waals surface area contributed by atoms with Gasteiger partial charge in [-0.1, -0.05) is 36.8 Å². The van der Waals surface area contributed by atoms with Gasteiger partial charge in [-0.2, -0.15) is 0 Å². The molecule has 2 aliphatic rings. The fourth-order valence-electron chi connectivity index (χ4n) is 3.56. The van der Waals surface area contributed by atoms with Gasteiger partial charge < -0.3 is 4.90 Å². The van der Waals surface area contributed by atoms with Gasteiger partial charge in [-0.05, 0) is 31.2 Å². The first-order valence-electron chi connectivity index (χ1n) is 9.24. The standard InChI is InChI=1S/C20H26N2O3/c1-15(17-8-3-2-4-9-17)22(14-16-6-5-7-16)20(25)12-13-21-18(23)10-11-19(21)24/h2-4,8-9,15-16H,5-7,10-14H2,1H3. The first kappa shape index (κ1) is 17.6. The number of carbonyl (C=O) groups is 3. The second-order valence-corrected chi connectivity index (χ2v) is 7.12. The zero-order valence-corrected chi connectivity index (χ0v) is 14.8. The number of benzene rings is 1. The van der Waals surface area contributed by atoms with Crippen LogP contribution >= 0.6 is 0 Å². The van der Waals surface area contributed by atoms with E-state index in [0.29, 0.717) is 5.92 Å². The van der Waals surface area contributed by atoms with Gasteiger partial charge in [-0.3, -0.25) is 19.3 Å². The number of imide groups is 1. The van der Waals surface area contributed by atoms with E-state index in [4.69, 9.17) is 0 Å². The molecule has 0 spiro atoms. The summed E-state index contributed by atoms with van der Waals surface area (Å²) >= 11 is 0. The molecular weight excluding hydrogens is 316 g/mol. The van der Waals surface area contributed by atoms with Crippen LogP contribution in [0.15, 0.2) is 30.3 Å². The van der Waals surface area contributed by atoms with Gasteiger partial charge in [0, 0.05) is 32.4 Å². The summed E-state index contributed by atoms with van der Waals surface area (Å²) in [6.07, 6.45) is 4.35. The van der Waals surface area contributed by atoms with Gasteiger partial charge in [-0.15, -0.1) is 0 Å². The lowest BCUT2D eigenvalue weighted by atomic mass is 9.84. The molecule has 1 aliphatic carbocycles. The van der Waals surface area contributed by atoms with Crippen LogP contribution in [0.3, 0.4) is 0 Å². The number of carbonyl (C=O) groups excluding carboxylic acids is 3. The SMILES string of the molecule is CC(c1ccccc1)N(CC1CCC1)C(=O)CCN1C(=O)CCC1=O. The third-order valence-electron chi connectivity index (χ3n) is 5.45. The van der Waals surface area contributed by atoms with Gasteiger partial charge in [-0.25, -0.2) is 0 Å². The van der Waals surface area contributed by atoms with Crippen molar-refractivity contribution in [1.82, 2.24) is 9.80 Å². The second-order valence-electron chi connectivity index (χ2n) is 7.12. The summed E-state index contributed by atoms with van der Waals surface area (Å²) in [5.41, 5.74) is 1.11. The van der Waals surface area contributed by atoms with Gasteiger partial charge in [0.15, 0.2) is 0 Å². The van der Waals surface area contributed by atoms with E-state index in [-0.39, 0.29) is 49.6 Å². The molecule has 0 radical (unpaired) electrons. The van der Waals surface area contributed by atoms with E-state index in [1.54, 1.807) is 0 Å². The third kappa shape index (κ3) is 4.09. The van der Waals surface area contributed by atoms with Crippen molar-refractivity contribution >= 4 is 17.7 Å². The lowest BCUT2D eigenvalue weighted by molar-refractivity contribution is -0.140. The number of likely N-dealkylation sites (tertiary alicyclic amines) is 1. The molecule has 2 fully saturated rings. The maximum absolute atomic E-state index is 12.9. The summed E-state index contributed by atoms with van der Waals surface area (Å²) in [5, 5.41) is 0. The Bertz CT molecular complexity index is 624. The zero-order chi connectivity index (χ0) is 17.8. The van der Waals surface area contributed by atoms with Crippen LogP contribution in [-0.4, -0.2) is 40.6 Å². The molecule has 5 nitrogen and oxygen atoms in total. The molecule has 1 unspecified atom stereocenters. The molecule has 1 saturated heterocycles. The molecule has 1 aromatic carbocycles. The molecule has 0 N–H and O–H groups in total. The van der Waals surface area contributed by atoms with Crippen LogP contribution in [0.1, 0.15) is 57.1 Å². The lowest BCUT2D eigenvalue weighted by Crippen LogP contribution is -2.41. The molecule has 3 amide bonds. The smallest absolute Gasteiger partial charge is 0.229 e. The fraction of sp³-hybridized carbons (Fsp3) is 0.550. The highest BCUT2D eigenvalue weighted by molar-refractivity contribution is 6.02. The Morgan fingerprint density at radius 2 is 1.80 bits per heavy atom. The molecule has 1 heterocycles. The summed E-state index contributed by atoms with van der Waals surface area (Å²) in [5.74, 6) is 0.291. The molecular formula is C20H26N2O3. The first-order chi connectivity index (χ1) is 12.1. The summed E-state index contributed by atoms with van der Waals surface area (Å²) < 4.78 is 0. The van der Waals surface area contributed by atoms with Crippen molar-refractivity contribution in [2.75, 3.05) is 13.1 Å². The Labute approximate surface area is 149 Å². The van der Waals surface area contributed by atoms with E-state index in [9.17, 15) is 14.4 Å². The first-order valence-corrected chi connectivity index (χ1v) is 9.24. The van der Waals surface area contributed by atoms with E-state index in [1.807, 2.05) is 35.2 Å². The monoisotopic (exact) mass is 342 g/mol. The summed E-state index contributed by atoms with van der Waals surface area (Å²) in [7, 11) is 0. The van der Waals surface area contributed by atoms with Gasteiger partial charge in [0.25, 0.3) is 0 Å². The average molecular weight is 342 g/mol. The number of hydrogen-bond donors (Lipinski definition) is 0. The van der Waals surface area contributed by atoms with Crippen LogP contribution in [0, 0.1) is 5.92 Å². The van der Waals surface area contributed by atoms with Crippen LogP contribution in [0.5, 0.6) is 0 Å². The van der Waals surface area contributed by atoms with Crippen molar-refractivity contribution in [1.29, 1.82) is 0 Å². The van der Waals surface area contributed by atoms with Crippen molar-refractivity contribution in [2.24, 2.45) is 5.92 Å². The Balaban J connectivity index is 1.66. The van der Waals surface area contributed by atoms with Crippen molar-refractivity contribution in [3.63, 3.8) is 0 Å². The molecule has 1 saturated carbocycles. The molecule has 3 rings (SSSR count). The van der Waals surface area contributed by atoms with E-state index in [2.05, 4.69) is 6.92 Å². The molecule has 134 valence electrons. The summed E-state index contributed by atoms with van der Waals surface area (Å²) in [4.78, 5) is 39.5. The normalized spacial score (nSPS) is 19.0. The maximum Gasteiger partial charge on any atom is 0.229 e. The van der Waals surface area contributed by atoms with Crippen LogP contribution < -0.4 is 0 Å². The fourth-order valence-corrected chi connectivity index (χ4v) is 3.56. The average Bonchev–Trinajstić information content (AvgIpc) is 2.90. The Morgan fingerprint density at radius 1 is 1.16 bits per heavy atom. The van der Waals surface area contributed by atoms with E-state index < -0.39 is 0 Å². The molecule has 1 aliphatic heterocycles. The van der Waals surface area contributed by atoms with Crippen LogP contribution in [-0.2, 0) is 14.4 Å². The van der Waals surface area contributed by atoms with Gasteiger partial charge >= 0.3 is 0 Å². The molecule has 1 aromatic rings. The maximum atomic E-state index is 12.9. The predicted octanol–water partition coefficient (Wildman–Crippen LogP) is 2.92. The number of rotatable bonds is 7. The minimum atomic E-state index is -0.153. The van der Waals surface area contributed by atoms with Gasteiger partial charge in [0.2, 0.25) is 17.7 Å². The van der Waals surface area contributed by atoms with E-state index >= 15 is 0 Å². The summed E-state index contributed by atoms with van der Waals surface area (Å²) in [6.45, 7) is 3.02. The topological polar surface area (TPSA) is 57.7 Å². The number of amides is 3. The number of nitrogens with zero attached hydrogens (tertiary/aromatic N) is 2. The zero-order valence-electron chi connectivity index (χ0n) is 14.8. The highest BCUT2D eigenvalue weighted by Gasteiger charge is 2.31. The molecule has 1 atom stereocenters. The van der Waals surface area contributed by atoms with Gasteiger partial charge in [0.05, 0.1) is 6.04 Å². The van der Waals surface area contributed by atoms with Crippen LogP contribution in [0.2, 0.25) is 0 Å². The Morgan fingerprint density at radius 3 is 2.36 bits per heavy atom. The van der Waals surface area contributed by atoms with E-state index in [0.717, 1.165) is 12.1 Å². The van der Waals surface area contributed by atoms with Crippen LogP contribution in [0.25, 0.3) is 0 Å². The van der Waals surface area contributed by atoms with E-state index in [1.165, 1.54) is 24.2 Å². The molecule has 0 aromatic heterocycles. The highest BCUT2D eigenvalue weighted by Crippen LogP contribution is 2.31. The minimum absolute atomic E-state index is 0.000666. The predicted molar refractivity (Wildman–Crippen MR) is 94.5 cm³/mol. The Hall–Kier alpha value is -2.17. The third-order valence-corrected chi connectivity index (χ3v) is 5.45.